The monoisotopic (exact) mass is 394 g/mol. The fourth-order valence-electron chi connectivity index (χ4n) is 4.01. The number of aromatic nitrogens is 2. The van der Waals surface area contributed by atoms with Gasteiger partial charge in [0.2, 0.25) is 0 Å². The smallest absolute Gasteiger partial charge is 0.253 e. The van der Waals surface area contributed by atoms with Crippen LogP contribution in [0.5, 0.6) is 0 Å². The number of carbonyl (C=O) groups is 1. The van der Waals surface area contributed by atoms with Crippen LogP contribution >= 0.6 is 11.3 Å². The summed E-state index contributed by atoms with van der Waals surface area (Å²) in [5, 5.41) is 7.62. The van der Waals surface area contributed by atoms with Crippen molar-refractivity contribution < 1.29 is 9.53 Å². The van der Waals surface area contributed by atoms with Gasteiger partial charge in [0.05, 0.1) is 5.39 Å². The molecule has 0 spiro atoms. The van der Waals surface area contributed by atoms with Crippen LogP contribution in [-0.4, -0.2) is 28.6 Å². The first-order chi connectivity index (χ1) is 13.8. The molecule has 1 aliphatic carbocycles. The van der Waals surface area contributed by atoms with E-state index in [1.165, 1.54) is 22.2 Å². The highest BCUT2D eigenvalue weighted by atomic mass is 32.1. The Morgan fingerprint density at radius 1 is 1.25 bits per heavy atom. The predicted molar refractivity (Wildman–Crippen MR) is 111 cm³/mol. The Hall–Kier alpha value is -2.51. The van der Waals surface area contributed by atoms with Crippen LogP contribution < -0.4 is 10.6 Å². The maximum atomic E-state index is 12.3. The standard InChI is InChI=1S/C21H22N4O2S/c26-20(16-7-3-9-27-16)25-14-5-1-4-13(10-14)11-22-19-18-15-6-2-8-17(15)28-21(18)24-12-23-19/h1,4-5,10,12,16H,2-3,6-9,11H2,(H,25,26)(H,22,23,24). The second-order valence-electron chi connectivity index (χ2n) is 7.30. The van der Waals surface area contributed by atoms with Gasteiger partial charge in [-0.15, -0.1) is 11.3 Å². The Labute approximate surface area is 167 Å². The molecule has 2 aliphatic rings. The van der Waals surface area contributed by atoms with Crippen molar-refractivity contribution in [2.75, 3.05) is 17.2 Å². The van der Waals surface area contributed by atoms with E-state index in [4.69, 9.17) is 4.74 Å². The van der Waals surface area contributed by atoms with Crippen LogP contribution in [0.4, 0.5) is 11.5 Å². The van der Waals surface area contributed by atoms with E-state index in [9.17, 15) is 4.79 Å². The second kappa shape index (κ2) is 7.48. The van der Waals surface area contributed by atoms with Crippen molar-refractivity contribution in [3.63, 3.8) is 0 Å². The van der Waals surface area contributed by atoms with E-state index in [0.29, 0.717) is 13.2 Å². The van der Waals surface area contributed by atoms with Gasteiger partial charge in [0.1, 0.15) is 23.1 Å². The lowest BCUT2D eigenvalue weighted by Gasteiger charge is -2.12. The number of carbonyl (C=O) groups excluding carboxylic acids is 1. The molecule has 0 radical (unpaired) electrons. The zero-order valence-electron chi connectivity index (χ0n) is 15.5. The molecule has 3 aromatic rings. The third-order valence-electron chi connectivity index (χ3n) is 5.38. The maximum Gasteiger partial charge on any atom is 0.253 e. The molecular formula is C21H22N4O2S. The lowest BCUT2D eigenvalue weighted by Crippen LogP contribution is -2.26. The molecule has 3 heterocycles. The van der Waals surface area contributed by atoms with Gasteiger partial charge in [0.25, 0.3) is 5.91 Å². The number of amides is 1. The number of thiophene rings is 1. The van der Waals surface area contributed by atoms with Gasteiger partial charge in [-0.05, 0) is 55.4 Å². The van der Waals surface area contributed by atoms with Crippen LogP contribution in [0.2, 0.25) is 0 Å². The van der Waals surface area contributed by atoms with Crippen molar-refractivity contribution in [1.29, 1.82) is 0 Å². The highest BCUT2D eigenvalue weighted by Crippen LogP contribution is 2.39. The van der Waals surface area contributed by atoms with Gasteiger partial charge in [0, 0.05) is 23.7 Å². The van der Waals surface area contributed by atoms with Gasteiger partial charge >= 0.3 is 0 Å². The molecule has 2 N–H and O–H groups in total. The summed E-state index contributed by atoms with van der Waals surface area (Å²) < 4.78 is 5.45. The molecule has 1 aliphatic heterocycles. The van der Waals surface area contributed by atoms with E-state index in [0.717, 1.165) is 47.6 Å². The molecule has 2 aromatic heterocycles. The van der Waals surface area contributed by atoms with Crippen LogP contribution in [0.1, 0.15) is 35.3 Å². The second-order valence-corrected chi connectivity index (χ2v) is 8.39. The van der Waals surface area contributed by atoms with E-state index in [-0.39, 0.29) is 12.0 Å². The highest BCUT2D eigenvalue weighted by Gasteiger charge is 2.23. The Balaban J connectivity index is 1.31. The fourth-order valence-corrected chi connectivity index (χ4v) is 5.24. The van der Waals surface area contributed by atoms with E-state index in [1.54, 1.807) is 17.7 Å². The van der Waals surface area contributed by atoms with E-state index in [2.05, 4.69) is 20.6 Å². The molecule has 1 saturated heterocycles. The van der Waals surface area contributed by atoms with Crippen LogP contribution in [0.25, 0.3) is 10.2 Å². The Kier molecular flexibility index (Phi) is 4.70. The summed E-state index contributed by atoms with van der Waals surface area (Å²) in [6, 6.07) is 7.91. The zero-order chi connectivity index (χ0) is 18.9. The normalized spacial score (nSPS) is 18.4. The third kappa shape index (κ3) is 3.36. The largest absolute Gasteiger partial charge is 0.368 e. The first-order valence-corrected chi connectivity index (χ1v) is 10.6. The summed E-state index contributed by atoms with van der Waals surface area (Å²) in [7, 11) is 0. The van der Waals surface area contributed by atoms with Crippen LogP contribution in [0.15, 0.2) is 30.6 Å². The lowest BCUT2D eigenvalue weighted by atomic mass is 10.1. The molecule has 6 nitrogen and oxygen atoms in total. The molecule has 28 heavy (non-hydrogen) atoms. The molecule has 1 fully saturated rings. The predicted octanol–water partition coefficient (Wildman–Crippen LogP) is 3.91. The lowest BCUT2D eigenvalue weighted by molar-refractivity contribution is -0.124. The van der Waals surface area contributed by atoms with E-state index >= 15 is 0 Å². The number of ether oxygens (including phenoxy) is 1. The number of fused-ring (bicyclic) bond motifs is 3. The van der Waals surface area contributed by atoms with Crippen molar-refractivity contribution >= 4 is 39.0 Å². The summed E-state index contributed by atoms with van der Waals surface area (Å²) in [6.45, 7) is 1.31. The Bertz CT molecular complexity index is 1030. The third-order valence-corrected chi connectivity index (χ3v) is 6.58. The van der Waals surface area contributed by atoms with Gasteiger partial charge in [-0.1, -0.05) is 12.1 Å². The average Bonchev–Trinajstić information content (AvgIpc) is 3.43. The number of aryl methyl sites for hydroxylation is 2. The van der Waals surface area contributed by atoms with Crippen LogP contribution in [0.3, 0.4) is 0 Å². The summed E-state index contributed by atoms with van der Waals surface area (Å²) in [5.41, 5.74) is 3.30. The fraction of sp³-hybridized carbons (Fsp3) is 0.381. The van der Waals surface area contributed by atoms with Crippen molar-refractivity contribution in [2.24, 2.45) is 0 Å². The molecule has 144 valence electrons. The van der Waals surface area contributed by atoms with Gasteiger partial charge in [-0.25, -0.2) is 9.97 Å². The molecule has 1 amide bonds. The van der Waals surface area contributed by atoms with Gasteiger partial charge in [0.15, 0.2) is 0 Å². The minimum Gasteiger partial charge on any atom is -0.368 e. The SMILES string of the molecule is O=C(Nc1cccc(CNc2ncnc3sc4c(c23)CCC4)c1)C1CCCO1. The number of hydrogen-bond donors (Lipinski definition) is 2. The van der Waals surface area contributed by atoms with Gasteiger partial charge in [-0.3, -0.25) is 4.79 Å². The molecular weight excluding hydrogens is 372 g/mol. The minimum absolute atomic E-state index is 0.0612. The number of hydrogen-bond acceptors (Lipinski definition) is 6. The maximum absolute atomic E-state index is 12.3. The zero-order valence-corrected chi connectivity index (χ0v) is 16.3. The van der Waals surface area contributed by atoms with E-state index in [1.807, 2.05) is 24.3 Å². The Morgan fingerprint density at radius 2 is 2.21 bits per heavy atom. The summed E-state index contributed by atoms with van der Waals surface area (Å²) in [4.78, 5) is 23.7. The van der Waals surface area contributed by atoms with Gasteiger partial charge < -0.3 is 15.4 Å². The molecule has 1 aromatic carbocycles. The molecule has 0 saturated carbocycles. The number of nitrogens with zero attached hydrogens (tertiary/aromatic N) is 2. The van der Waals surface area contributed by atoms with E-state index < -0.39 is 0 Å². The molecule has 1 unspecified atom stereocenters. The quantitative estimate of drug-likeness (QED) is 0.686. The van der Waals surface area contributed by atoms with Crippen molar-refractivity contribution in [1.82, 2.24) is 9.97 Å². The van der Waals surface area contributed by atoms with Crippen molar-refractivity contribution in [3.05, 3.63) is 46.6 Å². The highest BCUT2D eigenvalue weighted by molar-refractivity contribution is 7.19. The summed E-state index contributed by atoms with van der Waals surface area (Å²) in [6.07, 6.45) is 6.54. The molecule has 1 atom stereocenters. The topological polar surface area (TPSA) is 76.1 Å². The first-order valence-electron chi connectivity index (χ1n) is 9.78. The van der Waals surface area contributed by atoms with Crippen LogP contribution in [0, 0.1) is 0 Å². The number of benzene rings is 1. The molecule has 7 heteroatoms. The van der Waals surface area contributed by atoms with Crippen molar-refractivity contribution in [3.8, 4) is 0 Å². The van der Waals surface area contributed by atoms with Crippen molar-refractivity contribution in [2.45, 2.75) is 44.8 Å². The summed E-state index contributed by atoms with van der Waals surface area (Å²) >= 11 is 1.79. The number of anilines is 2. The summed E-state index contributed by atoms with van der Waals surface area (Å²) in [5.74, 6) is 0.840. The molecule has 5 rings (SSSR count). The van der Waals surface area contributed by atoms with Gasteiger partial charge in [-0.2, -0.15) is 0 Å². The number of nitrogens with one attached hydrogen (secondary N) is 2. The number of rotatable bonds is 5. The average molecular weight is 395 g/mol. The molecule has 0 bridgehead atoms. The Morgan fingerprint density at radius 3 is 3.11 bits per heavy atom. The first kappa shape index (κ1) is 17.6. The van der Waals surface area contributed by atoms with Crippen LogP contribution in [-0.2, 0) is 28.9 Å². The minimum atomic E-state index is -0.322.